The van der Waals surface area contributed by atoms with Crippen LogP contribution in [0.25, 0.3) is 11.0 Å². The molecule has 0 spiro atoms. The quantitative estimate of drug-likeness (QED) is 0.669. The molecule has 2 aromatic carbocycles. The van der Waals surface area contributed by atoms with Gasteiger partial charge in [0, 0.05) is 42.7 Å². The van der Waals surface area contributed by atoms with Gasteiger partial charge in [-0.15, -0.1) is 0 Å². The predicted octanol–water partition coefficient (Wildman–Crippen LogP) is 2.35. The lowest BCUT2D eigenvalue weighted by Crippen LogP contribution is -2.50. The minimum Gasteiger partial charge on any atom is -0.496 e. The van der Waals surface area contributed by atoms with Gasteiger partial charge in [-0.3, -0.25) is 4.79 Å². The van der Waals surface area contributed by atoms with E-state index in [2.05, 4.69) is 5.32 Å². The Hall–Kier alpha value is -3.32. The Labute approximate surface area is 167 Å². The van der Waals surface area contributed by atoms with E-state index in [1.807, 2.05) is 29.2 Å². The van der Waals surface area contributed by atoms with Gasteiger partial charge in [0.1, 0.15) is 17.1 Å². The molecule has 1 N–H and O–H groups in total. The summed E-state index contributed by atoms with van der Waals surface area (Å²) in [5.74, 6) is 1.12. The lowest BCUT2D eigenvalue weighted by atomic mass is 10.0. The van der Waals surface area contributed by atoms with Crippen molar-refractivity contribution in [1.29, 1.82) is 0 Å². The van der Waals surface area contributed by atoms with Crippen LogP contribution < -0.4 is 20.4 Å². The van der Waals surface area contributed by atoms with Crippen molar-refractivity contribution in [2.45, 2.75) is 6.04 Å². The molecule has 0 aliphatic carbocycles. The highest BCUT2D eigenvalue weighted by Crippen LogP contribution is 2.30. The molecule has 7 nitrogen and oxygen atoms in total. The number of piperazine rings is 1. The largest absolute Gasteiger partial charge is 0.496 e. The molecule has 1 aliphatic heterocycles. The molecule has 1 atom stereocenters. The summed E-state index contributed by atoms with van der Waals surface area (Å²) in [6.45, 7) is 1.84. The van der Waals surface area contributed by atoms with E-state index in [1.54, 1.807) is 31.4 Å². The number of hydrogen-bond donors (Lipinski definition) is 1. The Morgan fingerprint density at radius 2 is 2.03 bits per heavy atom. The van der Waals surface area contributed by atoms with E-state index < -0.39 is 5.63 Å². The first-order valence-corrected chi connectivity index (χ1v) is 9.45. The van der Waals surface area contributed by atoms with Gasteiger partial charge in [0.25, 0.3) is 5.91 Å². The van der Waals surface area contributed by atoms with Crippen molar-refractivity contribution >= 4 is 16.9 Å². The Morgan fingerprint density at radius 3 is 2.90 bits per heavy atom. The van der Waals surface area contributed by atoms with Crippen LogP contribution in [0.5, 0.6) is 11.5 Å². The van der Waals surface area contributed by atoms with E-state index >= 15 is 0 Å². The number of amides is 1. The first-order chi connectivity index (χ1) is 14.2. The Bertz CT molecular complexity index is 1080. The first-order valence-electron chi connectivity index (χ1n) is 9.45. The highest BCUT2D eigenvalue weighted by molar-refractivity contribution is 5.80. The van der Waals surface area contributed by atoms with Gasteiger partial charge in [-0.05, 0) is 24.3 Å². The fourth-order valence-corrected chi connectivity index (χ4v) is 3.58. The number of carbonyl (C=O) groups is 1. The Balaban J connectivity index is 1.50. The van der Waals surface area contributed by atoms with Crippen molar-refractivity contribution in [3.63, 3.8) is 0 Å². The van der Waals surface area contributed by atoms with E-state index in [4.69, 9.17) is 13.9 Å². The lowest BCUT2D eigenvalue weighted by Gasteiger charge is -2.37. The van der Waals surface area contributed by atoms with E-state index in [9.17, 15) is 9.59 Å². The first kappa shape index (κ1) is 19.0. The van der Waals surface area contributed by atoms with Crippen LogP contribution in [0.2, 0.25) is 0 Å². The van der Waals surface area contributed by atoms with Gasteiger partial charge < -0.3 is 24.1 Å². The highest BCUT2D eigenvalue weighted by atomic mass is 16.5. The van der Waals surface area contributed by atoms with Crippen molar-refractivity contribution in [1.82, 2.24) is 10.2 Å². The van der Waals surface area contributed by atoms with Gasteiger partial charge in [0.2, 0.25) is 0 Å². The Morgan fingerprint density at radius 1 is 1.21 bits per heavy atom. The SMILES string of the molecule is COc1ccccc1C1CNCCN1C(=O)COc1ccc2ccc(=O)oc2c1. The van der Waals surface area contributed by atoms with Gasteiger partial charge in [0.15, 0.2) is 6.61 Å². The summed E-state index contributed by atoms with van der Waals surface area (Å²) in [4.78, 5) is 26.2. The monoisotopic (exact) mass is 394 g/mol. The van der Waals surface area contributed by atoms with Crippen molar-refractivity contribution in [3.05, 3.63) is 70.6 Å². The zero-order chi connectivity index (χ0) is 20.2. The molecule has 29 heavy (non-hydrogen) atoms. The number of fused-ring (bicyclic) bond motifs is 1. The second-order valence-electron chi connectivity index (χ2n) is 6.79. The van der Waals surface area contributed by atoms with Crippen LogP contribution in [0.1, 0.15) is 11.6 Å². The summed E-state index contributed by atoms with van der Waals surface area (Å²) < 4.78 is 16.4. The smallest absolute Gasteiger partial charge is 0.336 e. The van der Waals surface area contributed by atoms with Gasteiger partial charge in [-0.2, -0.15) is 0 Å². The molecule has 4 rings (SSSR count). The number of nitrogens with one attached hydrogen (secondary N) is 1. The number of ether oxygens (including phenoxy) is 2. The third-order valence-corrected chi connectivity index (χ3v) is 5.02. The van der Waals surface area contributed by atoms with Gasteiger partial charge >= 0.3 is 5.63 Å². The topological polar surface area (TPSA) is 81.0 Å². The molecule has 1 unspecified atom stereocenters. The molecular weight excluding hydrogens is 372 g/mol. The molecule has 0 bridgehead atoms. The van der Waals surface area contributed by atoms with Crippen LogP contribution in [0.4, 0.5) is 0 Å². The van der Waals surface area contributed by atoms with Crippen molar-refractivity contribution in [3.8, 4) is 11.5 Å². The van der Waals surface area contributed by atoms with Crippen molar-refractivity contribution in [2.24, 2.45) is 0 Å². The minimum absolute atomic E-state index is 0.103. The second kappa shape index (κ2) is 8.36. The third kappa shape index (κ3) is 4.09. The van der Waals surface area contributed by atoms with Gasteiger partial charge in [-0.1, -0.05) is 18.2 Å². The zero-order valence-electron chi connectivity index (χ0n) is 16.1. The molecule has 7 heteroatoms. The number of nitrogens with zero attached hydrogens (tertiary/aromatic N) is 1. The summed E-state index contributed by atoms with van der Waals surface area (Å²) in [5, 5.41) is 4.13. The summed E-state index contributed by atoms with van der Waals surface area (Å²) in [5.41, 5.74) is 0.964. The van der Waals surface area contributed by atoms with Crippen LogP contribution in [-0.2, 0) is 4.79 Å². The summed E-state index contributed by atoms with van der Waals surface area (Å²) in [6, 6.07) is 15.8. The minimum atomic E-state index is -0.425. The highest BCUT2D eigenvalue weighted by Gasteiger charge is 2.29. The standard InChI is InChI=1S/C22H22N2O5/c1-27-19-5-3-2-4-17(19)18-13-23-10-11-24(18)21(25)14-28-16-8-6-15-7-9-22(26)29-20(15)12-16/h2-9,12,18,23H,10-11,13-14H2,1H3. The van der Waals surface area contributed by atoms with E-state index in [1.165, 1.54) is 6.07 Å². The number of methoxy groups -OCH3 is 1. The lowest BCUT2D eigenvalue weighted by molar-refractivity contribution is -0.136. The molecule has 1 saturated heterocycles. The Kier molecular flexibility index (Phi) is 5.48. The number of hydrogen-bond acceptors (Lipinski definition) is 6. The third-order valence-electron chi connectivity index (χ3n) is 5.02. The molecule has 1 aromatic heterocycles. The van der Waals surface area contributed by atoms with E-state index in [0.29, 0.717) is 24.4 Å². The molecule has 0 radical (unpaired) electrons. The molecule has 2 heterocycles. The average Bonchev–Trinajstić information content (AvgIpc) is 2.77. The number of benzene rings is 2. The molecular formula is C22H22N2O5. The molecule has 150 valence electrons. The number of para-hydroxylation sites is 1. The van der Waals surface area contributed by atoms with Crippen LogP contribution in [0.15, 0.2) is 63.8 Å². The van der Waals surface area contributed by atoms with Crippen LogP contribution in [0.3, 0.4) is 0 Å². The molecule has 1 fully saturated rings. The van der Waals surface area contributed by atoms with Crippen molar-refractivity contribution in [2.75, 3.05) is 33.4 Å². The van der Waals surface area contributed by atoms with Crippen LogP contribution in [0, 0.1) is 0 Å². The zero-order valence-corrected chi connectivity index (χ0v) is 16.1. The average molecular weight is 394 g/mol. The van der Waals surface area contributed by atoms with Crippen LogP contribution in [-0.4, -0.2) is 44.2 Å². The van der Waals surface area contributed by atoms with Gasteiger partial charge in [0.05, 0.1) is 13.2 Å². The maximum Gasteiger partial charge on any atom is 0.336 e. The number of carbonyl (C=O) groups excluding carboxylic acids is 1. The molecule has 1 aliphatic rings. The van der Waals surface area contributed by atoms with Crippen LogP contribution >= 0.6 is 0 Å². The molecule has 1 amide bonds. The maximum absolute atomic E-state index is 12.9. The second-order valence-corrected chi connectivity index (χ2v) is 6.79. The fraction of sp³-hybridized carbons (Fsp3) is 0.273. The van der Waals surface area contributed by atoms with E-state index in [-0.39, 0.29) is 18.6 Å². The molecule has 3 aromatic rings. The molecule has 0 saturated carbocycles. The van der Waals surface area contributed by atoms with E-state index in [0.717, 1.165) is 23.2 Å². The van der Waals surface area contributed by atoms with Crippen molar-refractivity contribution < 1.29 is 18.7 Å². The summed E-state index contributed by atoms with van der Waals surface area (Å²) >= 11 is 0. The normalized spacial score (nSPS) is 16.6. The van der Waals surface area contributed by atoms with Gasteiger partial charge in [-0.25, -0.2) is 4.79 Å². The number of rotatable bonds is 5. The fourth-order valence-electron chi connectivity index (χ4n) is 3.58. The maximum atomic E-state index is 12.9. The predicted molar refractivity (Wildman–Crippen MR) is 108 cm³/mol. The summed E-state index contributed by atoms with van der Waals surface area (Å²) in [6.07, 6.45) is 0. The summed E-state index contributed by atoms with van der Waals surface area (Å²) in [7, 11) is 1.63.